The summed E-state index contributed by atoms with van der Waals surface area (Å²) in [6.45, 7) is 3.20. The van der Waals surface area contributed by atoms with Crippen LogP contribution in [0.5, 0.6) is 0 Å². The first-order valence-electron chi connectivity index (χ1n) is 10.2. The van der Waals surface area contributed by atoms with Crippen LogP contribution in [0.25, 0.3) is 0 Å². The fourth-order valence-corrected chi connectivity index (χ4v) is 4.68. The Balaban J connectivity index is 1.34. The van der Waals surface area contributed by atoms with Gasteiger partial charge in [0.2, 0.25) is 0 Å². The van der Waals surface area contributed by atoms with Crippen molar-refractivity contribution in [3.63, 3.8) is 0 Å². The zero-order valence-electron chi connectivity index (χ0n) is 16.2. The summed E-state index contributed by atoms with van der Waals surface area (Å²) in [5.41, 5.74) is -0.0983. The smallest absolute Gasteiger partial charge is 0.255 e. The summed E-state index contributed by atoms with van der Waals surface area (Å²) in [4.78, 5) is 34.0. The lowest BCUT2D eigenvalue weighted by atomic mass is 9.88. The lowest BCUT2D eigenvalue weighted by Gasteiger charge is -2.46. The van der Waals surface area contributed by atoms with Gasteiger partial charge in [0.05, 0.1) is 24.5 Å². The van der Waals surface area contributed by atoms with Gasteiger partial charge in [0.25, 0.3) is 11.8 Å². The molecule has 5 heterocycles. The fraction of sp³-hybridized carbons (Fsp3) is 0.550. The van der Waals surface area contributed by atoms with Crippen LogP contribution in [0.3, 0.4) is 0 Å². The minimum atomic E-state index is -0.630. The van der Waals surface area contributed by atoms with Gasteiger partial charge < -0.3 is 19.1 Å². The van der Waals surface area contributed by atoms with Gasteiger partial charge in [0, 0.05) is 51.4 Å². The number of imidazole rings is 1. The highest BCUT2D eigenvalue weighted by molar-refractivity contribution is 5.93. The van der Waals surface area contributed by atoms with E-state index >= 15 is 0 Å². The minimum absolute atomic E-state index is 0.0569. The summed E-state index contributed by atoms with van der Waals surface area (Å²) < 4.78 is 8.52. The third-order valence-electron chi connectivity index (χ3n) is 6.24. The van der Waals surface area contributed by atoms with Crippen molar-refractivity contribution in [2.75, 3.05) is 26.2 Å². The maximum absolute atomic E-state index is 13.0. The summed E-state index contributed by atoms with van der Waals surface area (Å²) >= 11 is 0. The van der Waals surface area contributed by atoms with E-state index in [1.165, 1.54) is 12.4 Å². The molecule has 2 fully saturated rings. The number of aromatic nitrogens is 4. The number of likely N-dealkylation sites (tertiary alicyclic amines) is 2. The van der Waals surface area contributed by atoms with E-state index in [1.807, 2.05) is 20.6 Å². The standard InChI is InChI=1S/C20H24N6O3/c27-17(15-3-6-22-23-13-15)25-10-4-20(5-11-25)19-21-7-12-26(19)14-16(29-20)18(28)24-8-1-2-9-24/h3,6-7,12-13,16H,1-2,4-5,8-11,14H2. The maximum Gasteiger partial charge on any atom is 0.255 e. The molecule has 0 N–H and O–H groups in total. The molecule has 2 aromatic rings. The first-order valence-corrected chi connectivity index (χ1v) is 10.2. The fourth-order valence-electron chi connectivity index (χ4n) is 4.68. The second kappa shape index (κ2) is 7.22. The molecule has 1 unspecified atom stereocenters. The Bertz CT molecular complexity index is 900. The lowest BCUT2D eigenvalue weighted by molar-refractivity contribution is -0.179. The Morgan fingerprint density at radius 2 is 1.83 bits per heavy atom. The second-order valence-corrected chi connectivity index (χ2v) is 7.96. The summed E-state index contributed by atoms with van der Waals surface area (Å²) in [6.07, 6.45) is 9.53. The van der Waals surface area contributed by atoms with Crippen molar-refractivity contribution in [3.8, 4) is 0 Å². The average molecular weight is 396 g/mol. The molecule has 152 valence electrons. The monoisotopic (exact) mass is 396 g/mol. The Morgan fingerprint density at radius 1 is 1.03 bits per heavy atom. The third kappa shape index (κ3) is 3.19. The molecule has 0 bridgehead atoms. The van der Waals surface area contributed by atoms with Crippen molar-refractivity contribution in [1.82, 2.24) is 29.5 Å². The van der Waals surface area contributed by atoms with Gasteiger partial charge in [-0.3, -0.25) is 9.59 Å². The molecule has 0 radical (unpaired) electrons. The largest absolute Gasteiger partial charge is 0.352 e. The van der Waals surface area contributed by atoms with Crippen molar-refractivity contribution in [3.05, 3.63) is 42.2 Å². The quantitative estimate of drug-likeness (QED) is 0.746. The van der Waals surface area contributed by atoms with Crippen LogP contribution >= 0.6 is 0 Å². The van der Waals surface area contributed by atoms with Gasteiger partial charge in [0.1, 0.15) is 11.4 Å². The Morgan fingerprint density at radius 3 is 2.55 bits per heavy atom. The van der Waals surface area contributed by atoms with Crippen LogP contribution in [0, 0.1) is 0 Å². The molecule has 0 saturated carbocycles. The van der Waals surface area contributed by atoms with Crippen LogP contribution in [0.2, 0.25) is 0 Å². The number of hydrogen-bond donors (Lipinski definition) is 0. The SMILES string of the molecule is O=C(c1ccnnc1)N1CCC2(CC1)OC(C(=O)N1CCCC1)Cn1ccnc12. The average Bonchev–Trinajstić information content (AvgIpc) is 3.46. The van der Waals surface area contributed by atoms with Crippen LogP contribution in [0.1, 0.15) is 41.9 Å². The summed E-state index contributed by atoms with van der Waals surface area (Å²) in [5.74, 6) is 0.877. The number of carbonyl (C=O) groups is 2. The zero-order chi connectivity index (χ0) is 19.8. The van der Waals surface area contributed by atoms with E-state index in [0.717, 1.165) is 31.8 Å². The molecule has 5 rings (SSSR count). The van der Waals surface area contributed by atoms with E-state index in [9.17, 15) is 9.59 Å². The number of ether oxygens (including phenoxy) is 1. The van der Waals surface area contributed by atoms with Crippen molar-refractivity contribution < 1.29 is 14.3 Å². The molecule has 1 atom stereocenters. The molecule has 0 aliphatic carbocycles. The predicted octanol–water partition coefficient (Wildman–Crippen LogP) is 0.826. The van der Waals surface area contributed by atoms with Gasteiger partial charge in [-0.1, -0.05) is 0 Å². The number of rotatable bonds is 2. The van der Waals surface area contributed by atoms with Crippen LogP contribution < -0.4 is 0 Å². The van der Waals surface area contributed by atoms with E-state index in [0.29, 0.717) is 38.0 Å². The Hall–Kier alpha value is -2.81. The van der Waals surface area contributed by atoms with Crippen LogP contribution in [-0.4, -0.2) is 73.6 Å². The first-order chi connectivity index (χ1) is 14.2. The third-order valence-corrected chi connectivity index (χ3v) is 6.24. The molecule has 9 heteroatoms. The molecule has 3 aliphatic rings. The molecule has 9 nitrogen and oxygen atoms in total. The molecule has 2 saturated heterocycles. The highest BCUT2D eigenvalue weighted by Gasteiger charge is 2.48. The Kier molecular flexibility index (Phi) is 4.54. The van der Waals surface area contributed by atoms with E-state index in [4.69, 9.17) is 4.74 Å². The predicted molar refractivity (Wildman–Crippen MR) is 102 cm³/mol. The maximum atomic E-state index is 13.0. The molecule has 2 aromatic heterocycles. The minimum Gasteiger partial charge on any atom is -0.352 e. The number of nitrogens with zero attached hydrogens (tertiary/aromatic N) is 6. The molecule has 1 spiro atoms. The van der Waals surface area contributed by atoms with Gasteiger partial charge in [-0.2, -0.15) is 10.2 Å². The van der Waals surface area contributed by atoms with Gasteiger partial charge in [-0.15, -0.1) is 0 Å². The lowest BCUT2D eigenvalue weighted by Crippen LogP contribution is -2.55. The van der Waals surface area contributed by atoms with Crippen molar-refractivity contribution in [2.45, 2.75) is 43.9 Å². The zero-order valence-corrected chi connectivity index (χ0v) is 16.2. The molecule has 3 aliphatic heterocycles. The van der Waals surface area contributed by atoms with E-state index in [2.05, 4.69) is 15.2 Å². The summed E-state index contributed by atoms with van der Waals surface area (Å²) in [7, 11) is 0. The van der Waals surface area contributed by atoms with Crippen LogP contribution in [-0.2, 0) is 21.7 Å². The van der Waals surface area contributed by atoms with Gasteiger partial charge in [0.15, 0.2) is 6.10 Å². The van der Waals surface area contributed by atoms with Gasteiger partial charge in [-0.05, 0) is 18.9 Å². The molecule has 2 amide bonds. The number of amides is 2. The van der Waals surface area contributed by atoms with Crippen LogP contribution in [0.4, 0.5) is 0 Å². The van der Waals surface area contributed by atoms with E-state index < -0.39 is 11.7 Å². The summed E-state index contributed by atoms with van der Waals surface area (Å²) in [6, 6.07) is 1.67. The van der Waals surface area contributed by atoms with Crippen molar-refractivity contribution >= 4 is 11.8 Å². The highest BCUT2D eigenvalue weighted by Crippen LogP contribution is 2.40. The molecular weight excluding hydrogens is 372 g/mol. The normalized spacial score (nSPS) is 23.2. The van der Waals surface area contributed by atoms with Gasteiger partial charge >= 0.3 is 0 Å². The first kappa shape index (κ1) is 18.2. The number of carbonyl (C=O) groups excluding carboxylic acids is 2. The second-order valence-electron chi connectivity index (χ2n) is 7.96. The van der Waals surface area contributed by atoms with Crippen LogP contribution in [0.15, 0.2) is 30.9 Å². The van der Waals surface area contributed by atoms with Gasteiger partial charge in [-0.25, -0.2) is 4.98 Å². The van der Waals surface area contributed by atoms with E-state index in [-0.39, 0.29) is 11.8 Å². The topological polar surface area (TPSA) is 93.5 Å². The highest BCUT2D eigenvalue weighted by atomic mass is 16.5. The number of piperidine rings is 1. The molecular formula is C20H24N6O3. The Labute approximate surface area is 168 Å². The number of hydrogen-bond acceptors (Lipinski definition) is 6. The van der Waals surface area contributed by atoms with E-state index in [1.54, 1.807) is 12.3 Å². The van der Waals surface area contributed by atoms with Crippen molar-refractivity contribution in [1.29, 1.82) is 0 Å². The molecule has 29 heavy (non-hydrogen) atoms. The number of fused-ring (bicyclic) bond motifs is 2. The van der Waals surface area contributed by atoms with Crippen molar-refractivity contribution in [2.24, 2.45) is 0 Å². The molecule has 0 aromatic carbocycles. The summed E-state index contributed by atoms with van der Waals surface area (Å²) in [5, 5.41) is 7.53.